The zero-order valence-electron chi connectivity index (χ0n) is 15.3. The van der Waals surface area contributed by atoms with Gasteiger partial charge in [-0.15, -0.1) is 0 Å². The van der Waals surface area contributed by atoms with E-state index in [4.69, 9.17) is 9.47 Å². The standard InChI is InChI=1S/C20H23F2NO4/c1-25-17-9-5-15(13-18(17)26-2)6-10-19(24)23-12-11-14-3-7-16(8-4-14)27-20(21)22/h3-5,7-9,13,20H,6,10-12H2,1-2H3,(H,23,24). The van der Waals surface area contributed by atoms with Crippen LogP contribution < -0.4 is 19.5 Å². The number of carbonyl (C=O) groups is 1. The summed E-state index contributed by atoms with van der Waals surface area (Å²) in [6, 6.07) is 11.9. The van der Waals surface area contributed by atoms with E-state index < -0.39 is 6.61 Å². The molecule has 2 aromatic carbocycles. The Bertz CT molecular complexity index is 735. The minimum Gasteiger partial charge on any atom is -0.493 e. The van der Waals surface area contributed by atoms with Gasteiger partial charge in [0.2, 0.25) is 5.91 Å². The van der Waals surface area contributed by atoms with Crippen LogP contribution in [0, 0.1) is 0 Å². The van der Waals surface area contributed by atoms with Crippen LogP contribution in [0.2, 0.25) is 0 Å². The van der Waals surface area contributed by atoms with Crippen molar-refractivity contribution in [2.75, 3.05) is 20.8 Å². The molecular formula is C20H23F2NO4. The van der Waals surface area contributed by atoms with Gasteiger partial charge in [0.05, 0.1) is 14.2 Å². The smallest absolute Gasteiger partial charge is 0.387 e. The van der Waals surface area contributed by atoms with Gasteiger partial charge >= 0.3 is 6.61 Å². The van der Waals surface area contributed by atoms with Crippen LogP contribution in [0.1, 0.15) is 17.5 Å². The Morgan fingerprint density at radius 3 is 2.26 bits per heavy atom. The molecule has 0 heterocycles. The number of halogens is 2. The molecule has 0 unspecified atom stereocenters. The van der Waals surface area contributed by atoms with Gasteiger partial charge in [0, 0.05) is 13.0 Å². The highest BCUT2D eigenvalue weighted by molar-refractivity contribution is 5.76. The molecule has 2 aromatic rings. The molecule has 0 atom stereocenters. The van der Waals surface area contributed by atoms with Crippen LogP contribution in [0.3, 0.4) is 0 Å². The quantitative estimate of drug-likeness (QED) is 0.685. The molecule has 0 aliphatic carbocycles. The Kier molecular flexibility index (Phi) is 7.85. The molecule has 0 aromatic heterocycles. The molecule has 0 spiro atoms. The second-order valence-electron chi connectivity index (χ2n) is 5.81. The van der Waals surface area contributed by atoms with Gasteiger partial charge in [-0.2, -0.15) is 8.78 Å². The van der Waals surface area contributed by atoms with Crippen molar-refractivity contribution >= 4 is 5.91 Å². The molecule has 27 heavy (non-hydrogen) atoms. The van der Waals surface area contributed by atoms with E-state index in [1.54, 1.807) is 26.4 Å². The first-order valence-corrected chi connectivity index (χ1v) is 8.53. The Morgan fingerprint density at radius 1 is 0.963 bits per heavy atom. The summed E-state index contributed by atoms with van der Waals surface area (Å²) in [5.41, 5.74) is 1.91. The van der Waals surface area contributed by atoms with Crippen LogP contribution in [0.15, 0.2) is 42.5 Å². The molecule has 0 aliphatic heterocycles. The summed E-state index contributed by atoms with van der Waals surface area (Å²) in [5.74, 6) is 1.35. The van der Waals surface area contributed by atoms with Crippen molar-refractivity contribution < 1.29 is 27.8 Å². The minimum atomic E-state index is -2.83. The topological polar surface area (TPSA) is 56.8 Å². The summed E-state index contributed by atoms with van der Waals surface area (Å²) >= 11 is 0. The summed E-state index contributed by atoms with van der Waals surface area (Å²) < 4.78 is 38.9. The van der Waals surface area contributed by atoms with Crippen molar-refractivity contribution in [1.29, 1.82) is 0 Å². The van der Waals surface area contributed by atoms with E-state index in [-0.39, 0.29) is 11.7 Å². The lowest BCUT2D eigenvalue weighted by Crippen LogP contribution is -2.25. The molecule has 0 aliphatic rings. The lowest BCUT2D eigenvalue weighted by molar-refractivity contribution is -0.121. The van der Waals surface area contributed by atoms with E-state index >= 15 is 0 Å². The third-order valence-electron chi connectivity index (χ3n) is 3.97. The normalized spacial score (nSPS) is 10.6. The summed E-state index contributed by atoms with van der Waals surface area (Å²) in [4.78, 5) is 12.0. The number of hydrogen-bond acceptors (Lipinski definition) is 4. The molecule has 1 N–H and O–H groups in total. The number of rotatable bonds is 10. The number of ether oxygens (including phenoxy) is 3. The summed E-state index contributed by atoms with van der Waals surface area (Å²) in [6.07, 6.45) is 1.56. The first-order valence-electron chi connectivity index (χ1n) is 8.53. The van der Waals surface area contributed by atoms with E-state index in [0.29, 0.717) is 37.3 Å². The average molecular weight is 379 g/mol. The van der Waals surface area contributed by atoms with E-state index in [1.165, 1.54) is 12.1 Å². The molecule has 1 amide bonds. The van der Waals surface area contributed by atoms with Gasteiger partial charge in [-0.3, -0.25) is 4.79 Å². The second-order valence-corrected chi connectivity index (χ2v) is 5.81. The predicted molar refractivity (Wildman–Crippen MR) is 97.7 cm³/mol. The summed E-state index contributed by atoms with van der Waals surface area (Å²) in [5, 5.41) is 2.85. The Morgan fingerprint density at radius 2 is 1.63 bits per heavy atom. The van der Waals surface area contributed by atoms with Crippen molar-refractivity contribution in [3.63, 3.8) is 0 Å². The number of carbonyl (C=O) groups excluding carboxylic acids is 1. The first kappa shape index (κ1) is 20.5. The van der Waals surface area contributed by atoms with Gasteiger partial charge in [0.25, 0.3) is 0 Å². The Balaban J connectivity index is 1.73. The van der Waals surface area contributed by atoms with Crippen LogP contribution in [0.4, 0.5) is 8.78 Å². The van der Waals surface area contributed by atoms with Gasteiger partial charge in [-0.25, -0.2) is 0 Å². The molecule has 2 rings (SSSR count). The third kappa shape index (κ3) is 6.77. The lowest BCUT2D eigenvalue weighted by Gasteiger charge is -2.10. The zero-order valence-corrected chi connectivity index (χ0v) is 15.3. The molecule has 0 bridgehead atoms. The fourth-order valence-corrected chi connectivity index (χ4v) is 2.57. The molecule has 0 radical (unpaired) electrons. The largest absolute Gasteiger partial charge is 0.493 e. The van der Waals surface area contributed by atoms with E-state index in [2.05, 4.69) is 10.1 Å². The number of benzene rings is 2. The molecule has 0 saturated carbocycles. The van der Waals surface area contributed by atoms with E-state index in [0.717, 1.165) is 11.1 Å². The van der Waals surface area contributed by atoms with Gasteiger partial charge in [0.1, 0.15) is 5.75 Å². The SMILES string of the molecule is COc1ccc(CCC(=O)NCCc2ccc(OC(F)F)cc2)cc1OC. The zero-order chi connectivity index (χ0) is 19.6. The van der Waals surface area contributed by atoms with Crippen LogP contribution in [0.25, 0.3) is 0 Å². The third-order valence-corrected chi connectivity index (χ3v) is 3.97. The van der Waals surface area contributed by atoms with E-state index in [1.807, 2.05) is 18.2 Å². The molecule has 0 saturated heterocycles. The second kappa shape index (κ2) is 10.4. The van der Waals surface area contributed by atoms with Crippen LogP contribution >= 0.6 is 0 Å². The van der Waals surface area contributed by atoms with Gasteiger partial charge in [-0.05, 0) is 48.2 Å². The number of aryl methyl sites for hydroxylation is 1. The van der Waals surface area contributed by atoms with Crippen molar-refractivity contribution in [2.24, 2.45) is 0 Å². The first-order chi connectivity index (χ1) is 13.0. The molecule has 7 heteroatoms. The number of nitrogens with one attached hydrogen (secondary N) is 1. The van der Waals surface area contributed by atoms with Crippen molar-refractivity contribution in [3.8, 4) is 17.2 Å². The van der Waals surface area contributed by atoms with Gasteiger partial charge in [0.15, 0.2) is 11.5 Å². The number of hydrogen-bond donors (Lipinski definition) is 1. The number of amides is 1. The molecule has 146 valence electrons. The fraction of sp³-hybridized carbons (Fsp3) is 0.350. The maximum Gasteiger partial charge on any atom is 0.387 e. The Hall–Kier alpha value is -2.83. The molecule has 0 fully saturated rings. The van der Waals surface area contributed by atoms with E-state index in [9.17, 15) is 13.6 Å². The lowest BCUT2D eigenvalue weighted by atomic mass is 10.1. The van der Waals surface area contributed by atoms with Gasteiger partial charge < -0.3 is 19.5 Å². The maximum absolute atomic E-state index is 12.1. The summed E-state index contributed by atoms with van der Waals surface area (Å²) in [6.45, 7) is -2.36. The Labute approximate surface area is 157 Å². The molecular weight excluding hydrogens is 356 g/mol. The minimum absolute atomic E-state index is 0.0533. The fourth-order valence-electron chi connectivity index (χ4n) is 2.57. The van der Waals surface area contributed by atoms with Crippen LogP contribution in [-0.4, -0.2) is 33.3 Å². The molecule has 5 nitrogen and oxygen atoms in total. The monoisotopic (exact) mass is 379 g/mol. The van der Waals surface area contributed by atoms with Crippen LogP contribution in [-0.2, 0) is 17.6 Å². The van der Waals surface area contributed by atoms with Crippen molar-refractivity contribution in [1.82, 2.24) is 5.32 Å². The highest BCUT2D eigenvalue weighted by Crippen LogP contribution is 2.27. The number of methoxy groups -OCH3 is 2. The van der Waals surface area contributed by atoms with Crippen LogP contribution in [0.5, 0.6) is 17.2 Å². The highest BCUT2D eigenvalue weighted by Gasteiger charge is 2.07. The van der Waals surface area contributed by atoms with Gasteiger partial charge in [-0.1, -0.05) is 18.2 Å². The summed E-state index contributed by atoms with van der Waals surface area (Å²) in [7, 11) is 3.14. The average Bonchev–Trinajstić information content (AvgIpc) is 2.67. The van der Waals surface area contributed by atoms with Crippen molar-refractivity contribution in [2.45, 2.75) is 25.9 Å². The van der Waals surface area contributed by atoms with Crippen molar-refractivity contribution in [3.05, 3.63) is 53.6 Å². The number of alkyl halides is 2. The maximum atomic E-state index is 12.1. The predicted octanol–water partition coefficient (Wildman–Crippen LogP) is 3.60. The highest BCUT2D eigenvalue weighted by atomic mass is 19.3.